The van der Waals surface area contributed by atoms with E-state index in [1.54, 1.807) is 6.07 Å². The topological polar surface area (TPSA) is 12.9 Å². The number of rotatable bonds is 0. The van der Waals surface area contributed by atoms with E-state index in [2.05, 4.69) is 17.6 Å². The fourth-order valence-electron chi connectivity index (χ4n) is 0.523. The van der Waals surface area contributed by atoms with E-state index in [9.17, 15) is 0 Å². The molecule has 0 atom stereocenters. The van der Waals surface area contributed by atoms with E-state index in [0.717, 1.165) is 10.6 Å². The van der Waals surface area contributed by atoms with Crippen molar-refractivity contribution in [1.29, 1.82) is 0 Å². The largest absolute Gasteiger partial charge is 0.240 e. The van der Waals surface area contributed by atoms with E-state index >= 15 is 0 Å². The highest BCUT2D eigenvalue weighted by molar-refractivity contribution is 7.80. The van der Waals surface area contributed by atoms with Crippen molar-refractivity contribution in [2.45, 2.75) is 11.8 Å². The van der Waals surface area contributed by atoms with Crippen LogP contribution in [-0.4, -0.2) is 4.98 Å². The summed E-state index contributed by atoms with van der Waals surface area (Å²) < 4.78 is 0. The van der Waals surface area contributed by atoms with Gasteiger partial charge in [-0.05, 0) is 19.1 Å². The van der Waals surface area contributed by atoms with Gasteiger partial charge in [0, 0.05) is 4.90 Å². The van der Waals surface area contributed by atoms with Crippen LogP contribution in [0.5, 0.6) is 0 Å². The van der Waals surface area contributed by atoms with Gasteiger partial charge in [0.05, 0.1) is 5.69 Å². The summed E-state index contributed by atoms with van der Waals surface area (Å²) in [7, 11) is 0. The van der Waals surface area contributed by atoms with Gasteiger partial charge in [0.2, 0.25) is 0 Å². The van der Waals surface area contributed by atoms with Crippen LogP contribution in [0.4, 0.5) is 0 Å². The Hall–Kier alpha value is -0.210. The molecule has 1 aromatic heterocycles. The van der Waals surface area contributed by atoms with Gasteiger partial charge >= 0.3 is 0 Å². The van der Waals surface area contributed by atoms with E-state index in [-0.39, 0.29) is 0 Å². The van der Waals surface area contributed by atoms with Crippen molar-refractivity contribution in [1.82, 2.24) is 4.98 Å². The molecule has 9 heavy (non-hydrogen) atoms. The van der Waals surface area contributed by atoms with Gasteiger partial charge < -0.3 is 0 Å². The molecule has 0 spiro atoms. The number of halogens is 1. The zero-order valence-electron chi connectivity index (χ0n) is 4.93. The van der Waals surface area contributed by atoms with Gasteiger partial charge in [0.25, 0.3) is 0 Å². The number of thiol groups is 1. The van der Waals surface area contributed by atoms with Crippen molar-refractivity contribution in [3.05, 3.63) is 23.0 Å². The predicted molar refractivity (Wildman–Crippen MR) is 41.2 cm³/mol. The molecule has 0 fully saturated rings. The highest BCUT2D eigenvalue weighted by Gasteiger charge is 1.93. The van der Waals surface area contributed by atoms with Crippen molar-refractivity contribution in [2.24, 2.45) is 0 Å². The molecular formula is C6H6ClNS. The average molecular weight is 160 g/mol. The lowest BCUT2D eigenvalue weighted by Crippen LogP contribution is -1.81. The molecule has 0 aromatic carbocycles. The fraction of sp³-hybridized carbons (Fsp3) is 0.167. The van der Waals surface area contributed by atoms with Crippen LogP contribution in [0.2, 0.25) is 5.15 Å². The Morgan fingerprint density at radius 3 is 2.67 bits per heavy atom. The average Bonchev–Trinajstić information content (AvgIpc) is 1.80. The Labute approximate surface area is 64.5 Å². The fourth-order valence-corrected chi connectivity index (χ4v) is 0.837. The summed E-state index contributed by atoms with van der Waals surface area (Å²) in [6, 6.07) is 3.55. The molecule has 0 N–H and O–H groups in total. The van der Waals surface area contributed by atoms with Crippen LogP contribution in [0.15, 0.2) is 17.0 Å². The van der Waals surface area contributed by atoms with E-state index in [4.69, 9.17) is 11.6 Å². The third kappa shape index (κ3) is 1.60. The molecule has 0 saturated carbocycles. The molecule has 0 radical (unpaired) electrons. The first-order chi connectivity index (χ1) is 4.20. The second kappa shape index (κ2) is 2.58. The molecule has 0 aliphatic rings. The van der Waals surface area contributed by atoms with E-state index in [1.807, 2.05) is 13.0 Å². The molecule has 0 saturated heterocycles. The van der Waals surface area contributed by atoms with Gasteiger partial charge in [0.15, 0.2) is 0 Å². The van der Waals surface area contributed by atoms with Crippen molar-refractivity contribution in [3.8, 4) is 0 Å². The Morgan fingerprint density at radius 2 is 2.22 bits per heavy atom. The zero-order valence-corrected chi connectivity index (χ0v) is 6.58. The zero-order chi connectivity index (χ0) is 6.85. The number of aromatic nitrogens is 1. The molecule has 1 aromatic rings. The number of pyridine rings is 1. The van der Waals surface area contributed by atoms with Crippen LogP contribution >= 0.6 is 24.2 Å². The summed E-state index contributed by atoms with van der Waals surface area (Å²) in [5, 5.41) is 0.519. The molecule has 0 amide bonds. The Bertz CT molecular complexity index is 224. The highest BCUT2D eigenvalue weighted by atomic mass is 35.5. The minimum Gasteiger partial charge on any atom is -0.240 e. The minimum absolute atomic E-state index is 0.519. The van der Waals surface area contributed by atoms with E-state index in [1.165, 1.54) is 0 Å². The second-order valence-electron chi connectivity index (χ2n) is 1.74. The summed E-state index contributed by atoms with van der Waals surface area (Å²) >= 11 is 9.70. The molecule has 0 unspecified atom stereocenters. The number of hydrogen-bond donors (Lipinski definition) is 1. The summed E-state index contributed by atoms with van der Waals surface area (Å²) in [4.78, 5) is 4.84. The lowest BCUT2D eigenvalue weighted by atomic mass is 10.4. The van der Waals surface area contributed by atoms with Gasteiger partial charge in [-0.25, -0.2) is 4.98 Å². The molecule has 0 aliphatic carbocycles. The number of nitrogens with zero attached hydrogens (tertiary/aromatic N) is 1. The van der Waals surface area contributed by atoms with Gasteiger partial charge in [-0.1, -0.05) is 11.6 Å². The van der Waals surface area contributed by atoms with Crippen LogP contribution < -0.4 is 0 Å². The monoisotopic (exact) mass is 159 g/mol. The molecule has 0 aliphatic heterocycles. The van der Waals surface area contributed by atoms with E-state index in [0.29, 0.717) is 5.15 Å². The summed E-state index contributed by atoms with van der Waals surface area (Å²) in [6.07, 6.45) is 0. The highest BCUT2D eigenvalue weighted by Crippen LogP contribution is 2.12. The van der Waals surface area contributed by atoms with Crippen LogP contribution in [0, 0.1) is 6.92 Å². The molecule has 1 rings (SSSR count). The van der Waals surface area contributed by atoms with Gasteiger partial charge in [0.1, 0.15) is 5.15 Å². The van der Waals surface area contributed by atoms with Crippen molar-refractivity contribution >= 4 is 24.2 Å². The molecule has 3 heteroatoms. The normalized spacial score (nSPS) is 9.67. The predicted octanol–water partition coefficient (Wildman–Crippen LogP) is 2.33. The maximum Gasteiger partial charge on any atom is 0.129 e. The van der Waals surface area contributed by atoms with E-state index < -0.39 is 0 Å². The first-order valence-corrected chi connectivity index (χ1v) is 3.35. The quantitative estimate of drug-likeness (QED) is 0.453. The lowest BCUT2D eigenvalue weighted by Gasteiger charge is -1.95. The smallest absolute Gasteiger partial charge is 0.129 e. The maximum atomic E-state index is 5.57. The second-order valence-corrected chi connectivity index (χ2v) is 2.61. The lowest BCUT2D eigenvalue weighted by molar-refractivity contribution is 1.12. The van der Waals surface area contributed by atoms with Crippen molar-refractivity contribution in [2.75, 3.05) is 0 Å². The first-order valence-electron chi connectivity index (χ1n) is 2.52. The number of hydrogen-bond acceptors (Lipinski definition) is 2. The Balaban J connectivity index is 3.17. The van der Waals surface area contributed by atoms with Gasteiger partial charge in [-0.15, -0.1) is 12.6 Å². The van der Waals surface area contributed by atoms with Crippen LogP contribution in [-0.2, 0) is 0 Å². The summed E-state index contributed by atoms with van der Waals surface area (Å²) in [6.45, 7) is 1.87. The minimum atomic E-state index is 0.519. The van der Waals surface area contributed by atoms with Crippen LogP contribution in [0.25, 0.3) is 0 Å². The molecule has 1 heterocycles. The van der Waals surface area contributed by atoms with Gasteiger partial charge in [-0.3, -0.25) is 0 Å². The van der Waals surface area contributed by atoms with Crippen LogP contribution in [0.3, 0.4) is 0 Å². The third-order valence-electron chi connectivity index (χ3n) is 1.02. The maximum absolute atomic E-state index is 5.57. The van der Waals surface area contributed by atoms with Crippen molar-refractivity contribution in [3.63, 3.8) is 0 Å². The molecule has 1 nitrogen and oxygen atoms in total. The molecular weight excluding hydrogens is 154 g/mol. The number of aryl methyl sites for hydroxylation is 1. The van der Waals surface area contributed by atoms with Crippen LogP contribution in [0.1, 0.15) is 5.69 Å². The standard InChI is InChI=1S/C6H6ClNS/c1-4-5(9)2-3-6(7)8-4/h2-3,9H,1H3. The summed E-state index contributed by atoms with van der Waals surface area (Å²) in [5.74, 6) is 0. The SMILES string of the molecule is Cc1nc(Cl)ccc1S. The van der Waals surface area contributed by atoms with Crippen molar-refractivity contribution < 1.29 is 0 Å². The van der Waals surface area contributed by atoms with Gasteiger partial charge in [-0.2, -0.15) is 0 Å². The summed E-state index contributed by atoms with van der Waals surface area (Å²) in [5.41, 5.74) is 0.867. The first kappa shape index (κ1) is 6.90. The molecule has 0 bridgehead atoms. The molecule has 48 valence electrons. The Kier molecular flexibility index (Phi) is 1.98. The Morgan fingerprint density at radius 1 is 1.56 bits per heavy atom. The third-order valence-corrected chi connectivity index (χ3v) is 1.71.